The lowest BCUT2D eigenvalue weighted by molar-refractivity contribution is -0.384. The number of hydrogen-bond acceptors (Lipinski definition) is 4. The first kappa shape index (κ1) is 13.6. The number of nitro groups is 1. The minimum Gasteiger partial charge on any atom is -0.480 e. The van der Waals surface area contributed by atoms with E-state index in [2.05, 4.69) is 0 Å². The van der Waals surface area contributed by atoms with Crippen LogP contribution in [0.2, 0.25) is 0 Å². The Morgan fingerprint density at radius 3 is 2.61 bits per heavy atom. The summed E-state index contributed by atoms with van der Waals surface area (Å²) in [6.45, 7) is 1.42. The van der Waals surface area contributed by atoms with Gasteiger partial charge in [-0.15, -0.1) is 0 Å². The third-order valence-electron chi connectivity index (χ3n) is 2.30. The monoisotopic (exact) mass is 252 g/mol. The van der Waals surface area contributed by atoms with Crippen LogP contribution in [0.25, 0.3) is 0 Å². The van der Waals surface area contributed by atoms with Crippen LogP contribution in [0, 0.1) is 10.1 Å². The number of benzene rings is 1. The van der Waals surface area contributed by atoms with Gasteiger partial charge in [-0.3, -0.25) is 19.7 Å². The molecule has 1 rings (SSSR count). The van der Waals surface area contributed by atoms with Crippen LogP contribution in [0.5, 0.6) is 0 Å². The van der Waals surface area contributed by atoms with Gasteiger partial charge in [0.2, 0.25) is 0 Å². The summed E-state index contributed by atoms with van der Waals surface area (Å²) >= 11 is 0. The fourth-order valence-electron chi connectivity index (χ4n) is 1.43. The number of nitrogens with zero attached hydrogens (tertiary/aromatic N) is 2. The lowest BCUT2D eigenvalue weighted by Crippen LogP contribution is -2.35. The van der Waals surface area contributed by atoms with Crippen molar-refractivity contribution in [1.29, 1.82) is 0 Å². The zero-order valence-corrected chi connectivity index (χ0v) is 9.70. The van der Waals surface area contributed by atoms with Gasteiger partial charge in [0.15, 0.2) is 0 Å². The molecule has 0 aliphatic carbocycles. The van der Waals surface area contributed by atoms with Gasteiger partial charge in [0.25, 0.3) is 11.6 Å². The van der Waals surface area contributed by atoms with Crippen molar-refractivity contribution in [2.45, 2.75) is 6.92 Å². The summed E-state index contributed by atoms with van der Waals surface area (Å²) in [6, 6.07) is 5.21. The Morgan fingerprint density at radius 1 is 1.44 bits per heavy atom. The largest absolute Gasteiger partial charge is 0.480 e. The Labute approximate surface area is 103 Å². The van der Waals surface area contributed by atoms with Crippen molar-refractivity contribution >= 4 is 17.6 Å². The maximum absolute atomic E-state index is 11.9. The first-order chi connectivity index (χ1) is 8.45. The zero-order valence-electron chi connectivity index (χ0n) is 9.70. The van der Waals surface area contributed by atoms with E-state index < -0.39 is 23.3 Å². The van der Waals surface area contributed by atoms with E-state index in [1.54, 1.807) is 6.92 Å². The van der Waals surface area contributed by atoms with Gasteiger partial charge in [0.1, 0.15) is 6.54 Å². The van der Waals surface area contributed by atoms with Crippen LogP contribution in [0.4, 0.5) is 5.69 Å². The molecule has 0 heterocycles. The molecule has 0 unspecified atom stereocenters. The molecule has 0 bridgehead atoms. The maximum Gasteiger partial charge on any atom is 0.323 e. The molecule has 1 aromatic rings. The number of likely N-dealkylation sites (N-methyl/N-ethyl adjacent to an activating group) is 1. The van der Waals surface area contributed by atoms with Crippen molar-refractivity contribution in [3.63, 3.8) is 0 Å². The molecule has 18 heavy (non-hydrogen) atoms. The average molecular weight is 252 g/mol. The van der Waals surface area contributed by atoms with Gasteiger partial charge < -0.3 is 10.0 Å². The standard InChI is InChI=1S/C11H12N2O5/c1-2-12(7-10(14)15)11(16)8-4-3-5-9(6-8)13(17)18/h3-6H,2,7H2,1H3,(H,14,15). The number of carboxylic acids is 1. The summed E-state index contributed by atoms with van der Waals surface area (Å²) in [5, 5.41) is 19.2. The molecule has 96 valence electrons. The first-order valence-electron chi connectivity index (χ1n) is 5.21. The fraction of sp³-hybridized carbons (Fsp3) is 0.273. The van der Waals surface area contributed by atoms with Gasteiger partial charge in [-0.05, 0) is 13.0 Å². The number of nitro benzene ring substituents is 1. The lowest BCUT2D eigenvalue weighted by atomic mass is 10.1. The van der Waals surface area contributed by atoms with Crippen molar-refractivity contribution in [2.75, 3.05) is 13.1 Å². The van der Waals surface area contributed by atoms with Crippen molar-refractivity contribution in [1.82, 2.24) is 4.90 Å². The van der Waals surface area contributed by atoms with E-state index in [0.717, 1.165) is 11.0 Å². The number of rotatable bonds is 5. The third-order valence-corrected chi connectivity index (χ3v) is 2.30. The SMILES string of the molecule is CCN(CC(=O)O)C(=O)c1cccc([N+](=O)[O-])c1. The molecule has 0 spiro atoms. The predicted molar refractivity (Wildman–Crippen MR) is 62.3 cm³/mol. The van der Waals surface area contributed by atoms with E-state index in [9.17, 15) is 19.7 Å². The molecule has 7 heteroatoms. The molecule has 0 aromatic heterocycles. The van der Waals surface area contributed by atoms with Crippen LogP contribution in [0.3, 0.4) is 0 Å². The van der Waals surface area contributed by atoms with Crippen LogP contribution in [0.15, 0.2) is 24.3 Å². The second-order valence-electron chi connectivity index (χ2n) is 3.52. The van der Waals surface area contributed by atoms with Gasteiger partial charge in [-0.2, -0.15) is 0 Å². The summed E-state index contributed by atoms with van der Waals surface area (Å²) in [6.07, 6.45) is 0. The van der Waals surface area contributed by atoms with Crippen molar-refractivity contribution in [3.8, 4) is 0 Å². The molecule has 1 amide bonds. The van der Waals surface area contributed by atoms with Gasteiger partial charge in [0.05, 0.1) is 4.92 Å². The number of carbonyl (C=O) groups excluding carboxylic acids is 1. The number of carbonyl (C=O) groups is 2. The Morgan fingerprint density at radius 2 is 2.11 bits per heavy atom. The van der Waals surface area contributed by atoms with Gasteiger partial charge in [0, 0.05) is 24.2 Å². The molecular weight excluding hydrogens is 240 g/mol. The van der Waals surface area contributed by atoms with Crippen molar-refractivity contribution in [2.24, 2.45) is 0 Å². The minimum atomic E-state index is -1.13. The van der Waals surface area contributed by atoms with E-state index in [-0.39, 0.29) is 17.8 Å². The Hall–Kier alpha value is -2.44. The highest BCUT2D eigenvalue weighted by Crippen LogP contribution is 2.14. The lowest BCUT2D eigenvalue weighted by Gasteiger charge is -2.18. The Bertz CT molecular complexity index is 486. The zero-order chi connectivity index (χ0) is 13.7. The minimum absolute atomic E-state index is 0.104. The highest BCUT2D eigenvalue weighted by atomic mass is 16.6. The van der Waals surface area contributed by atoms with E-state index in [0.29, 0.717) is 0 Å². The molecule has 0 saturated carbocycles. The van der Waals surface area contributed by atoms with Crippen molar-refractivity contribution < 1.29 is 19.6 Å². The van der Waals surface area contributed by atoms with Gasteiger partial charge >= 0.3 is 5.97 Å². The van der Waals surface area contributed by atoms with E-state index in [1.807, 2.05) is 0 Å². The number of non-ortho nitro benzene ring substituents is 1. The summed E-state index contributed by atoms with van der Waals surface area (Å²) in [7, 11) is 0. The number of carboxylic acid groups (broad SMARTS) is 1. The topological polar surface area (TPSA) is 101 Å². The van der Waals surface area contributed by atoms with Crippen LogP contribution in [0.1, 0.15) is 17.3 Å². The number of aliphatic carboxylic acids is 1. The normalized spacial score (nSPS) is 9.83. The van der Waals surface area contributed by atoms with Crippen LogP contribution in [-0.4, -0.2) is 39.9 Å². The molecule has 0 aliphatic heterocycles. The average Bonchev–Trinajstić information content (AvgIpc) is 2.35. The Balaban J connectivity index is 2.98. The molecule has 7 nitrogen and oxygen atoms in total. The predicted octanol–water partition coefficient (Wildman–Crippen LogP) is 1.14. The molecule has 1 aromatic carbocycles. The summed E-state index contributed by atoms with van der Waals surface area (Å²) < 4.78 is 0. The summed E-state index contributed by atoms with van der Waals surface area (Å²) in [5.74, 6) is -1.67. The molecular formula is C11H12N2O5. The van der Waals surface area contributed by atoms with Gasteiger partial charge in [-0.25, -0.2) is 0 Å². The van der Waals surface area contributed by atoms with E-state index in [4.69, 9.17) is 5.11 Å². The fourth-order valence-corrected chi connectivity index (χ4v) is 1.43. The van der Waals surface area contributed by atoms with E-state index >= 15 is 0 Å². The van der Waals surface area contributed by atoms with E-state index in [1.165, 1.54) is 18.2 Å². The Kier molecular flexibility index (Phi) is 4.36. The molecule has 0 radical (unpaired) electrons. The highest BCUT2D eigenvalue weighted by molar-refractivity contribution is 5.96. The summed E-state index contributed by atoms with van der Waals surface area (Å²) in [4.78, 5) is 33.6. The smallest absolute Gasteiger partial charge is 0.323 e. The van der Waals surface area contributed by atoms with Crippen LogP contribution >= 0.6 is 0 Å². The molecule has 0 fully saturated rings. The number of amides is 1. The second-order valence-corrected chi connectivity index (χ2v) is 3.52. The third kappa shape index (κ3) is 3.27. The highest BCUT2D eigenvalue weighted by Gasteiger charge is 2.18. The summed E-state index contributed by atoms with van der Waals surface area (Å²) in [5.41, 5.74) is -0.0977. The van der Waals surface area contributed by atoms with Crippen LogP contribution < -0.4 is 0 Å². The molecule has 1 N–H and O–H groups in total. The number of hydrogen-bond donors (Lipinski definition) is 1. The molecule has 0 atom stereocenters. The van der Waals surface area contributed by atoms with Crippen LogP contribution in [-0.2, 0) is 4.79 Å². The first-order valence-corrected chi connectivity index (χ1v) is 5.21. The van der Waals surface area contributed by atoms with Gasteiger partial charge in [-0.1, -0.05) is 6.07 Å². The maximum atomic E-state index is 11.9. The molecule has 0 aliphatic rings. The quantitative estimate of drug-likeness (QED) is 0.625. The van der Waals surface area contributed by atoms with Crippen molar-refractivity contribution in [3.05, 3.63) is 39.9 Å². The molecule has 0 saturated heterocycles. The second kappa shape index (κ2) is 5.76.